The molecule has 0 aliphatic rings. The van der Waals surface area contributed by atoms with Crippen LogP contribution in [-0.2, 0) is 0 Å². The van der Waals surface area contributed by atoms with Gasteiger partial charge in [0, 0.05) is 26.2 Å². The first-order valence-corrected chi connectivity index (χ1v) is 7.08. The van der Waals surface area contributed by atoms with Gasteiger partial charge in [-0.25, -0.2) is 0 Å². The molecule has 170 valence electrons. The number of rotatable bonds is 7. The minimum Gasteiger partial charge on any atom is -0.373 e. The van der Waals surface area contributed by atoms with E-state index in [-0.39, 0.29) is 9.80 Å². The molecule has 0 aromatic carbocycles. The Morgan fingerprint density at radius 3 is 0.821 bits per heavy atom. The van der Waals surface area contributed by atoms with Crippen molar-refractivity contribution in [3.8, 4) is 0 Å². The standard InChI is InChI=1S/C12H16F12N2O2/c1-25(5-7(27,9(13,14)15)10(16,17)18)3-4-26(2)6-8(28,11(19,20)21)12(22,23)24/h27-28H,3-6H2,1-2H3. The Hall–Kier alpha value is -1.00. The molecule has 0 saturated carbocycles. The topological polar surface area (TPSA) is 46.9 Å². The lowest BCUT2D eigenvalue weighted by Gasteiger charge is -2.37. The highest BCUT2D eigenvalue weighted by Crippen LogP contribution is 2.44. The number of likely N-dealkylation sites (N-methyl/N-ethyl adjacent to an activating group) is 2. The fraction of sp³-hybridized carbons (Fsp3) is 1.00. The van der Waals surface area contributed by atoms with Gasteiger partial charge in [0.1, 0.15) is 0 Å². The minimum atomic E-state index is -6.14. The summed E-state index contributed by atoms with van der Waals surface area (Å²) in [5, 5.41) is 18.0. The quantitative estimate of drug-likeness (QED) is 0.588. The van der Waals surface area contributed by atoms with Gasteiger partial charge in [0.2, 0.25) is 0 Å². The highest BCUT2D eigenvalue weighted by Gasteiger charge is 2.71. The van der Waals surface area contributed by atoms with Gasteiger partial charge < -0.3 is 20.0 Å². The summed E-state index contributed by atoms with van der Waals surface area (Å²) in [6.45, 7) is -5.93. The molecule has 0 atom stereocenters. The lowest BCUT2D eigenvalue weighted by molar-refractivity contribution is -0.372. The fourth-order valence-electron chi connectivity index (χ4n) is 1.96. The molecule has 0 amide bonds. The summed E-state index contributed by atoms with van der Waals surface area (Å²) >= 11 is 0. The fourth-order valence-corrected chi connectivity index (χ4v) is 1.96. The van der Waals surface area contributed by atoms with Crippen LogP contribution in [0.2, 0.25) is 0 Å². The van der Waals surface area contributed by atoms with Gasteiger partial charge in [0.15, 0.2) is 0 Å². The third-order valence-corrected chi connectivity index (χ3v) is 3.74. The molecular formula is C12H16F12N2O2. The maximum absolute atomic E-state index is 12.6. The van der Waals surface area contributed by atoms with Crippen molar-refractivity contribution in [3.63, 3.8) is 0 Å². The van der Waals surface area contributed by atoms with Crippen LogP contribution in [0.5, 0.6) is 0 Å². The van der Waals surface area contributed by atoms with E-state index in [4.69, 9.17) is 10.2 Å². The third kappa shape index (κ3) is 5.76. The predicted octanol–water partition coefficient (Wildman–Crippen LogP) is 2.56. The summed E-state index contributed by atoms with van der Waals surface area (Å²) in [6, 6.07) is 0. The summed E-state index contributed by atoms with van der Waals surface area (Å²) in [4.78, 5) is 0.440. The highest BCUT2D eigenvalue weighted by atomic mass is 19.4. The van der Waals surface area contributed by atoms with Gasteiger partial charge in [0.05, 0.1) is 0 Å². The Morgan fingerprint density at radius 1 is 0.500 bits per heavy atom. The molecule has 0 bridgehead atoms. The van der Waals surface area contributed by atoms with E-state index in [9.17, 15) is 52.7 Å². The van der Waals surface area contributed by atoms with Crippen LogP contribution in [0.3, 0.4) is 0 Å². The molecule has 0 aromatic heterocycles. The second-order valence-electron chi connectivity index (χ2n) is 6.19. The Morgan fingerprint density at radius 2 is 0.679 bits per heavy atom. The van der Waals surface area contributed by atoms with Crippen LogP contribution >= 0.6 is 0 Å². The van der Waals surface area contributed by atoms with Crippen LogP contribution in [0.15, 0.2) is 0 Å². The molecular weight excluding hydrogens is 432 g/mol. The van der Waals surface area contributed by atoms with Crippen LogP contribution in [-0.4, -0.2) is 96.2 Å². The van der Waals surface area contributed by atoms with Crippen LogP contribution in [0, 0.1) is 0 Å². The van der Waals surface area contributed by atoms with Crippen LogP contribution in [0.1, 0.15) is 0 Å². The largest absolute Gasteiger partial charge is 0.427 e. The van der Waals surface area contributed by atoms with E-state index in [2.05, 4.69) is 0 Å². The van der Waals surface area contributed by atoms with Crippen molar-refractivity contribution in [2.45, 2.75) is 35.9 Å². The van der Waals surface area contributed by atoms with Crippen molar-refractivity contribution in [1.82, 2.24) is 9.80 Å². The van der Waals surface area contributed by atoms with E-state index in [1.165, 1.54) is 0 Å². The average Bonchev–Trinajstić information content (AvgIpc) is 2.40. The van der Waals surface area contributed by atoms with Crippen molar-refractivity contribution in [2.75, 3.05) is 40.3 Å². The Balaban J connectivity index is 5.16. The summed E-state index contributed by atoms with van der Waals surface area (Å²) in [5.41, 5.74) is -10.3. The van der Waals surface area contributed by atoms with E-state index < -0.39 is 62.1 Å². The summed E-state index contributed by atoms with van der Waals surface area (Å²) in [5.74, 6) is 0. The SMILES string of the molecule is CN(CCN(C)CC(O)(C(F)(F)F)C(F)(F)F)CC(O)(C(F)(F)F)C(F)(F)F. The Labute approximate surface area is 150 Å². The molecule has 0 fully saturated rings. The molecule has 2 N–H and O–H groups in total. The van der Waals surface area contributed by atoms with Crippen molar-refractivity contribution in [2.24, 2.45) is 0 Å². The molecule has 4 nitrogen and oxygen atoms in total. The van der Waals surface area contributed by atoms with Gasteiger partial charge in [-0.1, -0.05) is 0 Å². The third-order valence-electron chi connectivity index (χ3n) is 3.74. The number of aliphatic hydroxyl groups is 2. The van der Waals surface area contributed by atoms with Gasteiger partial charge in [0.25, 0.3) is 11.2 Å². The highest BCUT2D eigenvalue weighted by molar-refractivity contribution is 4.97. The van der Waals surface area contributed by atoms with E-state index >= 15 is 0 Å². The molecule has 0 heterocycles. The number of hydrogen-bond acceptors (Lipinski definition) is 4. The first-order chi connectivity index (χ1) is 12.0. The van der Waals surface area contributed by atoms with Crippen LogP contribution < -0.4 is 0 Å². The first-order valence-electron chi connectivity index (χ1n) is 7.08. The zero-order valence-corrected chi connectivity index (χ0v) is 14.2. The van der Waals surface area contributed by atoms with Crippen molar-refractivity contribution < 1.29 is 62.9 Å². The van der Waals surface area contributed by atoms with Gasteiger partial charge in [-0.05, 0) is 14.1 Å². The smallest absolute Gasteiger partial charge is 0.373 e. The van der Waals surface area contributed by atoms with E-state index in [0.29, 0.717) is 14.1 Å². The summed E-state index contributed by atoms with van der Waals surface area (Å²) < 4.78 is 151. The van der Waals surface area contributed by atoms with Crippen molar-refractivity contribution in [3.05, 3.63) is 0 Å². The zero-order chi connectivity index (χ0) is 23.0. The molecule has 0 unspecified atom stereocenters. The summed E-state index contributed by atoms with van der Waals surface area (Å²) in [6.07, 6.45) is -24.6. The lowest BCUT2D eigenvalue weighted by Crippen LogP contribution is -2.63. The van der Waals surface area contributed by atoms with Crippen LogP contribution in [0.25, 0.3) is 0 Å². The molecule has 0 spiro atoms. The van der Waals surface area contributed by atoms with E-state index in [0.717, 1.165) is 0 Å². The van der Waals surface area contributed by atoms with Crippen molar-refractivity contribution in [1.29, 1.82) is 0 Å². The molecule has 0 aliphatic heterocycles. The number of halogens is 12. The molecule has 0 rings (SSSR count). The molecule has 0 saturated heterocycles. The van der Waals surface area contributed by atoms with Crippen molar-refractivity contribution >= 4 is 0 Å². The minimum absolute atomic E-state index is 0.220. The van der Waals surface area contributed by atoms with Crippen LogP contribution in [0.4, 0.5) is 52.7 Å². The average molecular weight is 448 g/mol. The number of nitrogens with zero attached hydrogens (tertiary/aromatic N) is 2. The molecule has 0 aromatic rings. The molecule has 0 aliphatic carbocycles. The first kappa shape index (κ1) is 27.0. The molecule has 0 radical (unpaired) electrons. The Bertz CT molecular complexity index is 437. The van der Waals surface area contributed by atoms with E-state index in [1.54, 1.807) is 0 Å². The maximum Gasteiger partial charge on any atom is 0.427 e. The van der Waals surface area contributed by atoms with Gasteiger partial charge in [-0.2, -0.15) is 52.7 Å². The molecule has 16 heteroatoms. The van der Waals surface area contributed by atoms with Gasteiger partial charge in [-0.15, -0.1) is 0 Å². The second kappa shape index (κ2) is 8.02. The lowest BCUT2D eigenvalue weighted by atomic mass is 10.0. The zero-order valence-electron chi connectivity index (χ0n) is 14.2. The van der Waals surface area contributed by atoms with E-state index in [1.807, 2.05) is 0 Å². The van der Waals surface area contributed by atoms with Gasteiger partial charge in [-0.3, -0.25) is 0 Å². The predicted molar refractivity (Wildman–Crippen MR) is 69.1 cm³/mol. The number of hydrogen-bond donors (Lipinski definition) is 2. The summed E-state index contributed by atoms with van der Waals surface area (Å²) in [7, 11) is 1.27. The second-order valence-corrected chi connectivity index (χ2v) is 6.19. The maximum atomic E-state index is 12.6. The van der Waals surface area contributed by atoms with Gasteiger partial charge >= 0.3 is 24.7 Å². The Kier molecular flexibility index (Phi) is 7.74. The number of alkyl halides is 12. The normalized spacial score (nSPS) is 15.6. The molecule has 28 heavy (non-hydrogen) atoms. The monoisotopic (exact) mass is 448 g/mol.